The van der Waals surface area contributed by atoms with Crippen molar-refractivity contribution in [1.82, 2.24) is 5.32 Å². The molecular formula is C12H23NO3. The second-order valence-electron chi connectivity index (χ2n) is 4.64. The number of rotatable bonds is 7. The Hall–Kier alpha value is -0.160. The van der Waals surface area contributed by atoms with Crippen molar-refractivity contribution in [3.63, 3.8) is 0 Å². The van der Waals surface area contributed by atoms with Crippen LogP contribution < -0.4 is 5.32 Å². The van der Waals surface area contributed by atoms with E-state index in [2.05, 4.69) is 5.32 Å². The monoisotopic (exact) mass is 229 g/mol. The van der Waals surface area contributed by atoms with Gasteiger partial charge in [-0.15, -0.1) is 0 Å². The van der Waals surface area contributed by atoms with Gasteiger partial charge >= 0.3 is 0 Å². The Labute approximate surface area is 97.6 Å². The van der Waals surface area contributed by atoms with E-state index in [1.807, 2.05) is 0 Å². The summed E-state index contributed by atoms with van der Waals surface area (Å²) >= 11 is 0. The van der Waals surface area contributed by atoms with Crippen LogP contribution in [0.25, 0.3) is 0 Å². The van der Waals surface area contributed by atoms with Gasteiger partial charge < -0.3 is 19.5 Å². The third kappa shape index (κ3) is 4.37. The van der Waals surface area contributed by atoms with Gasteiger partial charge in [0.15, 0.2) is 0 Å². The highest BCUT2D eigenvalue weighted by atomic mass is 16.5. The zero-order valence-electron chi connectivity index (χ0n) is 9.95. The van der Waals surface area contributed by atoms with Crippen LogP contribution in [0.4, 0.5) is 0 Å². The number of nitrogens with one attached hydrogen (secondary N) is 1. The molecule has 2 heterocycles. The molecule has 0 aromatic heterocycles. The first-order valence-electron chi connectivity index (χ1n) is 6.43. The molecule has 0 aliphatic carbocycles. The fourth-order valence-corrected chi connectivity index (χ4v) is 2.19. The average molecular weight is 229 g/mol. The minimum absolute atomic E-state index is 0.350. The highest BCUT2D eigenvalue weighted by Gasteiger charge is 2.16. The number of hydrogen-bond acceptors (Lipinski definition) is 4. The van der Waals surface area contributed by atoms with Gasteiger partial charge in [-0.3, -0.25) is 0 Å². The molecule has 1 N–H and O–H groups in total. The Balaban J connectivity index is 1.37. The summed E-state index contributed by atoms with van der Waals surface area (Å²) in [5.74, 6) is 0.707. The molecule has 2 fully saturated rings. The van der Waals surface area contributed by atoms with Crippen LogP contribution in [0.5, 0.6) is 0 Å². The van der Waals surface area contributed by atoms with E-state index in [1.54, 1.807) is 0 Å². The lowest BCUT2D eigenvalue weighted by molar-refractivity contribution is 0.0182. The Bertz CT molecular complexity index is 157. The van der Waals surface area contributed by atoms with Crippen LogP contribution in [0.15, 0.2) is 0 Å². The van der Waals surface area contributed by atoms with Crippen LogP contribution in [0, 0.1) is 5.92 Å². The molecule has 2 unspecified atom stereocenters. The Morgan fingerprint density at radius 3 is 3.00 bits per heavy atom. The molecule has 4 nitrogen and oxygen atoms in total. The highest BCUT2D eigenvalue weighted by molar-refractivity contribution is 4.67. The van der Waals surface area contributed by atoms with Gasteiger partial charge in [0, 0.05) is 26.3 Å². The van der Waals surface area contributed by atoms with Gasteiger partial charge in [-0.2, -0.15) is 0 Å². The largest absolute Gasteiger partial charge is 0.381 e. The molecule has 0 radical (unpaired) electrons. The molecule has 0 bridgehead atoms. The molecule has 0 aromatic carbocycles. The van der Waals surface area contributed by atoms with E-state index in [9.17, 15) is 0 Å². The molecule has 0 amide bonds. The summed E-state index contributed by atoms with van der Waals surface area (Å²) in [7, 11) is 0. The molecule has 2 saturated heterocycles. The van der Waals surface area contributed by atoms with Gasteiger partial charge in [-0.05, 0) is 25.2 Å². The minimum atomic E-state index is 0.350. The predicted molar refractivity (Wildman–Crippen MR) is 61.6 cm³/mol. The highest BCUT2D eigenvalue weighted by Crippen LogP contribution is 2.12. The van der Waals surface area contributed by atoms with Crippen LogP contribution in [-0.2, 0) is 14.2 Å². The zero-order chi connectivity index (χ0) is 11.1. The standard InChI is InChI=1S/C12H23NO3/c1-2-12(16-5-1)10-15-7-4-13-8-11-3-6-14-9-11/h11-13H,1-10H2. The first-order valence-corrected chi connectivity index (χ1v) is 6.43. The maximum atomic E-state index is 5.56. The summed E-state index contributed by atoms with van der Waals surface area (Å²) in [5.41, 5.74) is 0. The lowest BCUT2D eigenvalue weighted by atomic mass is 10.1. The van der Waals surface area contributed by atoms with Gasteiger partial charge in [0.1, 0.15) is 0 Å². The van der Waals surface area contributed by atoms with Crippen molar-refractivity contribution in [2.45, 2.75) is 25.4 Å². The van der Waals surface area contributed by atoms with Crippen molar-refractivity contribution in [1.29, 1.82) is 0 Å². The second kappa shape index (κ2) is 7.22. The SMILES string of the molecule is C1COC(COCCNCC2CCOC2)C1. The van der Waals surface area contributed by atoms with Gasteiger partial charge in [0.05, 0.1) is 25.9 Å². The smallest absolute Gasteiger partial charge is 0.0809 e. The molecule has 0 spiro atoms. The first-order chi connectivity index (χ1) is 7.95. The molecule has 2 aliphatic rings. The average Bonchev–Trinajstić information content (AvgIpc) is 2.96. The summed E-state index contributed by atoms with van der Waals surface area (Å²) in [6.07, 6.45) is 3.90. The van der Waals surface area contributed by atoms with E-state index in [1.165, 1.54) is 12.8 Å². The topological polar surface area (TPSA) is 39.7 Å². The van der Waals surface area contributed by atoms with Crippen molar-refractivity contribution < 1.29 is 14.2 Å². The summed E-state index contributed by atoms with van der Waals surface area (Å²) < 4.78 is 16.4. The third-order valence-electron chi connectivity index (χ3n) is 3.21. The van der Waals surface area contributed by atoms with Crippen LogP contribution >= 0.6 is 0 Å². The molecule has 0 saturated carbocycles. The summed E-state index contributed by atoms with van der Waals surface area (Å²) in [5, 5.41) is 3.41. The summed E-state index contributed by atoms with van der Waals surface area (Å²) in [6.45, 7) is 6.30. The van der Waals surface area contributed by atoms with Crippen molar-refractivity contribution in [2.24, 2.45) is 5.92 Å². The van der Waals surface area contributed by atoms with Gasteiger partial charge in [0.2, 0.25) is 0 Å². The normalized spacial score (nSPS) is 30.0. The van der Waals surface area contributed by atoms with Crippen LogP contribution in [0.2, 0.25) is 0 Å². The van der Waals surface area contributed by atoms with E-state index in [-0.39, 0.29) is 0 Å². The maximum absolute atomic E-state index is 5.56. The summed E-state index contributed by atoms with van der Waals surface area (Å²) in [6, 6.07) is 0. The second-order valence-corrected chi connectivity index (χ2v) is 4.64. The van der Waals surface area contributed by atoms with Crippen LogP contribution in [0.3, 0.4) is 0 Å². The maximum Gasteiger partial charge on any atom is 0.0809 e. The first kappa shape index (κ1) is 12.3. The molecule has 16 heavy (non-hydrogen) atoms. The van der Waals surface area contributed by atoms with Gasteiger partial charge in [0.25, 0.3) is 0 Å². The number of hydrogen-bond donors (Lipinski definition) is 1. The quantitative estimate of drug-likeness (QED) is 0.656. The fraction of sp³-hybridized carbons (Fsp3) is 1.00. The molecule has 2 aliphatic heterocycles. The molecule has 4 heteroatoms. The minimum Gasteiger partial charge on any atom is -0.381 e. The Morgan fingerprint density at radius 2 is 2.25 bits per heavy atom. The number of ether oxygens (including phenoxy) is 3. The summed E-state index contributed by atoms with van der Waals surface area (Å²) in [4.78, 5) is 0. The molecule has 94 valence electrons. The fourth-order valence-electron chi connectivity index (χ4n) is 2.19. The third-order valence-corrected chi connectivity index (χ3v) is 3.21. The predicted octanol–water partition coefficient (Wildman–Crippen LogP) is 0.808. The van der Waals surface area contributed by atoms with Crippen molar-refractivity contribution in [3.8, 4) is 0 Å². The molecular weight excluding hydrogens is 206 g/mol. The molecule has 2 rings (SSSR count). The van der Waals surface area contributed by atoms with Gasteiger partial charge in [-0.1, -0.05) is 0 Å². The van der Waals surface area contributed by atoms with E-state index in [0.29, 0.717) is 12.0 Å². The Morgan fingerprint density at radius 1 is 1.25 bits per heavy atom. The van der Waals surface area contributed by atoms with Crippen molar-refractivity contribution in [3.05, 3.63) is 0 Å². The Kier molecular flexibility index (Phi) is 5.55. The zero-order valence-corrected chi connectivity index (χ0v) is 9.95. The van der Waals surface area contributed by atoms with E-state index in [4.69, 9.17) is 14.2 Å². The van der Waals surface area contributed by atoms with Crippen LogP contribution in [0.1, 0.15) is 19.3 Å². The lowest BCUT2D eigenvalue weighted by Crippen LogP contribution is -2.27. The lowest BCUT2D eigenvalue weighted by Gasteiger charge is -2.12. The van der Waals surface area contributed by atoms with E-state index < -0.39 is 0 Å². The molecule has 0 aromatic rings. The van der Waals surface area contributed by atoms with Crippen LogP contribution in [-0.4, -0.2) is 52.2 Å². The van der Waals surface area contributed by atoms with E-state index in [0.717, 1.165) is 52.5 Å². The van der Waals surface area contributed by atoms with Crippen molar-refractivity contribution >= 4 is 0 Å². The van der Waals surface area contributed by atoms with E-state index >= 15 is 0 Å². The molecule has 2 atom stereocenters. The van der Waals surface area contributed by atoms with Gasteiger partial charge in [-0.25, -0.2) is 0 Å². The van der Waals surface area contributed by atoms with Crippen molar-refractivity contribution in [2.75, 3.05) is 46.1 Å².